The molecule has 0 aliphatic carbocycles. The molecule has 2 atom stereocenters. The van der Waals surface area contributed by atoms with Crippen LogP contribution in [0.1, 0.15) is 35.7 Å². The zero-order chi connectivity index (χ0) is 19.1. The van der Waals surface area contributed by atoms with Gasteiger partial charge in [-0.3, -0.25) is 4.79 Å². The van der Waals surface area contributed by atoms with Gasteiger partial charge in [-0.05, 0) is 30.5 Å². The quantitative estimate of drug-likeness (QED) is 0.745. The molecule has 0 radical (unpaired) electrons. The van der Waals surface area contributed by atoms with Crippen molar-refractivity contribution in [2.24, 2.45) is 0 Å². The Balaban J connectivity index is 1.89. The zero-order valence-electron chi connectivity index (χ0n) is 15.1. The maximum atomic E-state index is 12.2. The maximum Gasteiger partial charge on any atom is 0.342 e. The second kappa shape index (κ2) is 8.89. The highest BCUT2D eigenvalue weighted by atomic mass is 16.5. The van der Waals surface area contributed by atoms with Gasteiger partial charge in [0.1, 0.15) is 17.1 Å². The van der Waals surface area contributed by atoms with Crippen LogP contribution in [0.25, 0.3) is 0 Å². The Hall–Kier alpha value is -3.02. The molecule has 0 unspecified atom stereocenters. The predicted molar refractivity (Wildman–Crippen MR) is 97.4 cm³/mol. The standard InChI is InChI=1S/C20H23NO5/c1-13(15-7-5-4-6-8-15)12-21-19(23)14(2)26-20(24)17-10-9-16(25-3)11-18(17)22/h4-11,13-14,22H,12H2,1-3H3,(H,21,23)/t13-,14+/m0/s1. The minimum Gasteiger partial charge on any atom is -0.507 e. The van der Waals surface area contributed by atoms with Crippen LogP contribution in [0.2, 0.25) is 0 Å². The molecule has 0 fully saturated rings. The van der Waals surface area contributed by atoms with Gasteiger partial charge in [0.15, 0.2) is 6.10 Å². The molecule has 0 heterocycles. The van der Waals surface area contributed by atoms with Crippen molar-refractivity contribution >= 4 is 11.9 Å². The number of methoxy groups -OCH3 is 1. The minimum absolute atomic E-state index is 0.0249. The Morgan fingerprint density at radius 3 is 2.42 bits per heavy atom. The first-order valence-corrected chi connectivity index (χ1v) is 8.33. The third kappa shape index (κ3) is 4.99. The van der Waals surface area contributed by atoms with Gasteiger partial charge in [-0.2, -0.15) is 0 Å². The third-order valence-corrected chi connectivity index (χ3v) is 4.03. The number of benzene rings is 2. The fraction of sp³-hybridized carbons (Fsp3) is 0.300. The predicted octanol–water partition coefficient (Wildman–Crippen LogP) is 2.87. The van der Waals surface area contributed by atoms with Crippen LogP contribution in [0.3, 0.4) is 0 Å². The summed E-state index contributed by atoms with van der Waals surface area (Å²) in [4.78, 5) is 24.3. The number of phenolic OH excluding ortho intramolecular Hbond substituents is 1. The summed E-state index contributed by atoms with van der Waals surface area (Å²) in [6.07, 6.45) is -0.980. The summed E-state index contributed by atoms with van der Waals surface area (Å²) in [6, 6.07) is 14.0. The van der Waals surface area contributed by atoms with E-state index in [4.69, 9.17) is 9.47 Å². The van der Waals surface area contributed by atoms with Gasteiger partial charge in [0.05, 0.1) is 7.11 Å². The van der Waals surface area contributed by atoms with Crippen LogP contribution < -0.4 is 10.1 Å². The van der Waals surface area contributed by atoms with Crippen LogP contribution in [-0.2, 0) is 9.53 Å². The molecule has 0 bridgehead atoms. The summed E-state index contributed by atoms with van der Waals surface area (Å²) in [5, 5.41) is 12.6. The van der Waals surface area contributed by atoms with Crippen LogP contribution in [0.4, 0.5) is 0 Å². The third-order valence-electron chi connectivity index (χ3n) is 4.03. The monoisotopic (exact) mass is 357 g/mol. The molecule has 2 N–H and O–H groups in total. The van der Waals surface area contributed by atoms with Crippen molar-refractivity contribution in [2.45, 2.75) is 25.9 Å². The highest BCUT2D eigenvalue weighted by Crippen LogP contribution is 2.24. The van der Waals surface area contributed by atoms with Crippen molar-refractivity contribution in [3.05, 3.63) is 59.7 Å². The Labute approximate surface area is 152 Å². The highest BCUT2D eigenvalue weighted by Gasteiger charge is 2.21. The molecule has 1 amide bonds. The van der Waals surface area contributed by atoms with Crippen LogP contribution in [-0.4, -0.2) is 36.7 Å². The number of phenols is 1. The number of nitrogens with one attached hydrogen (secondary N) is 1. The first-order valence-electron chi connectivity index (χ1n) is 8.33. The number of aromatic hydroxyl groups is 1. The van der Waals surface area contributed by atoms with Crippen LogP contribution >= 0.6 is 0 Å². The molecule has 2 aromatic carbocycles. The Bertz CT molecular complexity index is 760. The van der Waals surface area contributed by atoms with Gasteiger partial charge in [-0.15, -0.1) is 0 Å². The topological polar surface area (TPSA) is 84.9 Å². The molecule has 0 spiro atoms. The lowest BCUT2D eigenvalue weighted by Crippen LogP contribution is -2.37. The van der Waals surface area contributed by atoms with E-state index in [1.165, 1.54) is 32.2 Å². The van der Waals surface area contributed by atoms with Gasteiger partial charge >= 0.3 is 5.97 Å². The van der Waals surface area contributed by atoms with Crippen molar-refractivity contribution in [1.82, 2.24) is 5.32 Å². The lowest BCUT2D eigenvalue weighted by molar-refractivity contribution is -0.129. The number of amides is 1. The first-order chi connectivity index (χ1) is 12.4. The SMILES string of the molecule is COc1ccc(C(=O)O[C@H](C)C(=O)NC[C@H](C)c2ccccc2)c(O)c1. The lowest BCUT2D eigenvalue weighted by atomic mass is 10.0. The van der Waals surface area contributed by atoms with Gasteiger partial charge in [0, 0.05) is 12.6 Å². The molecule has 2 aromatic rings. The van der Waals surface area contributed by atoms with Crippen LogP contribution in [0.15, 0.2) is 48.5 Å². The summed E-state index contributed by atoms with van der Waals surface area (Å²) < 4.78 is 10.1. The highest BCUT2D eigenvalue weighted by molar-refractivity contribution is 5.94. The average Bonchev–Trinajstić information content (AvgIpc) is 2.66. The molecule has 0 saturated heterocycles. The van der Waals surface area contributed by atoms with Crippen LogP contribution in [0.5, 0.6) is 11.5 Å². The molecule has 0 aliphatic heterocycles. The maximum absolute atomic E-state index is 12.2. The van der Waals surface area contributed by atoms with E-state index < -0.39 is 18.0 Å². The molecule has 138 valence electrons. The van der Waals surface area contributed by atoms with Crippen molar-refractivity contribution in [3.63, 3.8) is 0 Å². The fourth-order valence-electron chi connectivity index (χ4n) is 2.39. The summed E-state index contributed by atoms with van der Waals surface area (Å²) in [5.41, 5.74) is 1.09. The van der Waals surface area contributed by atoms with E-state index in [1.54, 1.807) is 0 Å². The summed E-state index contributed by atoms with van der Waals surface area (Å²) >= 11 is 0. The zero-order valence-corrected chi connectivity index (χ0v) is 15.1. The smallest absolute Gasteiger partial charge is 0.342 e. The van der Waals surface area contributed by atoms with E-state index in [0.29, 0.717) is 12.3 Å². The van der Waals surface area contributed by atoms with E-state index in [1.807, 2.05) is 37.3 Å². The van der Waals surface area contributed by atoms with Gasteiger partial charge < -0.3 is 19.9 Å². The minimum atomic E-state index is -0.980. The molecule has 0 aliphatic rings. The van der Waals surface area contributed by atoms with Crippen molar-refractivity contribution in [3.8, 4) is 11.5 Å². The molecular weight excluding hydrogens is 334 g/mol. The van der Waals surface area contributed by atoms with E-state index in [9.17, 15) is 14.7 Å². The number of rotatable bonds is 7. The fourth-order valence-corrected chi connectivity index (χ4v) is 2.39. The molecule has 0 aromatic heterocycles. The number of carbonyl (C=O) groups excluding carboxylic acids is 2. The van der Waals surface area contributed by atoms with Gasteiger partial charge in [0.25, 0.3) is 5.91 Å². The molecule has 6 nitrogen and oxygen atoms in total. The van der Waals surface area contributed by atoms with Crippen molar-refractivity contribution in [2.75, 3.05) is 13.7 Å². The van der Waals surface area contributed by atoms with E-state index in [-0.39, 0.29) is 17.2 Å². The normalized spacial score (nSPS) is 12.7. The van der Waals surface area contributed by atoms with Crippen molar-refractivity contribution in [1.29, 1.82) is 0 Å². The summed E-state index contributed by atoms with van der Waals surface area (Å²) in [5.74, 6) is -0.883. The van der Waals surface area contributed by atoms with Gasteiger partial charge in [-0.25, -0.2) is 4.79 Å². The summed E-state index contributed by atoms with van der Waals surface area (Å²) in [6.45, 7) is 3.92. The van der Waals surface area contributed by atoms with E-state index in [2.05, 4.69) is 5.32 Å². The Morgan fingerprint density at radius 1 is 1.12 bits per heavy atom. The number of esters is 1. The number of ether oxygens (including phenoxy) is 2. The number of hydrogen-bond donors (Lipinski definition) is 2. The Morgan fingerprint density at radius 2 is 1.81 bits per heavy atom. The van der Waals surface area contributed by atoms with Gasteiger partial charge in [0.2, 0.25) is 0 Å². The lowest BCUT2D eigenvalue weighted by Gasteiger charge is -2.17. The summed E-state index contributed by atoms with van der Waals surface area (Å²) in [7, 11) is 1.45. The van der Waals surface area contributed by atoms with E-state index in [0.717, 1.165) is 5.56 Å². The molecule has 6 heteroatoms. The van der Waals surface area contributed by atoms with Gasteiger partial charge in [-0.1, -0.05) is 37.3 Å². The molecule has 2 rings (SSSR count). The second-order valence-electron chi connectivity index (χ2n) is 5.99. The van der Waals surface area contributed by atoms with E-state index >= 15 is 0 Å². The molecule has 26 heavy (non-hydrogen) atoms. The number of hydrogen-bond acceptors (Lipinski definition) is 5. The first kappa shape index (κ1) is 19.3. The van der Waals surface area contributed by atoms with Crippen molar-refractivity contribution < 1.29 is 24.2 Å². The molecular formula is C20H23NO5. The average molecular weight is 357 g/mol. The Kier molecular flexibility index (Phi) is 6.60. The molecule has 0 saturated carbocycles. The van der Waals surface area contributed by atoms with Crippen LogP contribution in [0, 0.1) is 0 Å². The largest absolute Gasteiger partial charge is 0.507 e. The number of carbonyl (C=O) groups is 2. The second-order valence-corrected chi connectivity index (χ2v) is 5.99.